The zero-order chi connectivity index (χ0) is 50.6. The Morgan fingerprint density at radius 2 is 1.68 bits per heavy atom. The van der Waals surface area contributed by atoms with Crippen LogP contribution in [0.5, 0.6) is 5.75 Å². The number of aryl methyl sites for hydroxylation is 1. The molecule has 3 N–H and O–H groups in total. The van der Waals surface area contributed by atoms with Gasteiger partial charge in [-0.2, -0.15) is 0 Å². The summed E-state index contributed by atoms with van der Waals surface area (Å²) in [5, 5.41) is 31.1. The second-order valence-corrected chi connectivity index (χ2v) is 21.0. The molecule has 2 aliphatic carbocycles. The highest BCUT2D eigenvalue weighted by Gasteiger charge is 2.59. The highest BCUT2D eigenvalue weighted by Crippen LogP contribution is 2.54. The Morgan fingerprint density at radius 3 is 2.47 bits per heavy atom. The summed E-state index contributed by atoms with van der Waals surface area (Å²) in [6.07, 6.45) is 9.62. The van der Waals surface area contributed by atoms with Crippen LogP contribution in [-0.4, -0.2) is 59.0 Å². The Morgan fingerprint density at radius 1 is 0.863 bits per heavy atom. The molecule has 0 radical (unpaired) electrons. The number of benzene rings is 4. The zero-order valence-electron chi connectivity index (χ0n) is 41.9. The molecule has 380 valence electrons. The lowest BCUT2D eigenvalue weighted by atomic mass is 9.68. The first kappa shape index (κ1) is 50.3. The average Bonchev–Trinajstić information content (AvgIpc) is 3.39. The van der Waals surface area contributed by atoms with E-state index in [1.54, 1.807) is 12.1 Å². The first-order chi connectivity index (χ1) is 35.6. The van der Waals surface area contributed by atoms with Crippen LogP contribution in [0.3, 0.4) is 0 Å². The number of hydrogen-bond donors (Lipinski definition) is 3. The maximum absolute atomic E-state index is 15.4. The first-order valence-corrected chi connectivity index (χ1v) is 26.3. The van der Waals surface area contributed by atoms with Crippen molar-refractivity contribution >= 4 is 22.9 Å². The Balaban J connectivity index is 1.17. The molecule has 5 bridgehead atoms. The average molecular weight is 987 g/mol. The molecule has 10 rings (SSSR count). The number of esters is 2. The third kappa shape index (κ3) is 10.2. The fourth-order valence-electron chi connectivity index (χ4n) is 12.7. The van der Waals surface area contributed by atoms with Crippen LogP contribution >= 0.6 is 0 Å². The van der Waals surface area contributed by atoms with E-state index in [2.05, 4.69) is 90.7 Å². The monoisotopic (exact) mass is 986 g/mol. The number of carbonyl (C=O) groups is 2. The Hall–Kier alpha value is -6.29. The van der Waals surface area contributed by atoms with Gasteiger partial charge in [-0.3, -0.25) is 4.79 Å². The van der Waals surface area contributed by atoms with Gasteiger partial charge in [0.2, 0.25) is 0 Å². The van der Waals surface area contributed by atoms with Gasteiger partial charge in [-0.15, -0.1) is 0 Å². The summed E-state index contributed by atoms with van der Waals surface area (Å²) in [6, 6.07) is 29.2. The molecular weight excluding hydrogens is 921 g/mol. The molecule has 0 spiro atoms. The quantitative estimate of drug-likeness (QED) is 0.0288. The minimum atomic E-state index is -1.33. The molecule has 1 aromatic heterocycles. The van der Waals surface area contributed by atoms with Crippen molar-refractivity contribution in [2.45, 2.75) is 139 Å². The van der Waals surface area contributed by atoms with E-state index in [0.717, 1.165) is 60.8 Å². The van der Waals surface area contributed by atoms with E-state index in [1.807, 2.05) is 19.9 Å². The van der Waals surface area contributed by atoms with Gasteiger partial charge in [0.05, 0.1) is 25.2 Å². The van der Waals surface area contributed by atoms with Crippen molar-refractivity contribution in [3.05, 3.63) is 169 Å². The van der Waals surface area contributed by atoms with Crippen LogP contribution in [0.25, 0.3) is 11.0 Å². The highest BCUT2D eigenvalue weighted by atomic mass is 16.6. The summed E-state index contributed by atoms with van der Waals surface area (Å²) in [6.45, 7) is 2.21. The van der Waals surface area contributed by atoms with Crippen molar-refractivity contribution in [2.24, 2.45) is 11.8 Å². The van der Waals surface area contributed by atoms with Crippen molar-refractivity contribution in [2.75, 3.05) is 20.0 Å². The Kier molecular flexibility index (Phi) is 15.2. The van der Waals surface area contributed by atoms with Crippen molar-refractivity contribution in [3.8, 4) is 17.6 Å². The molecule has 73 heavy (non-hydrogen) atoms. The number of carbonyl (C=O) groups excluding carboxylic acids is 2. The molecule has 0 amide bonds. The number of fused-ring (bicyclic) bond motifs is 9. The van der Waals surface area contributed by atoms with E-state index in [9.17, 15) is 20.1 Å². The standard InChI is InChI=1S/C62H66O11/c1-38(2)48-22-19-40-20-23-49-44(31-40)15-9-10-28-62(47-17-7-4-8-18-47)59(72-60(48)67)58(56-53(73-62)26-25-51-52(35-64)55(61(68)71-57(51)56)45(27-29-63)36-69-37-65)70-54(66)34-46-33-43(21-24-50(46)49)42-16-11-14-41(32-42)30-39-12-5-3-6-13-39/h3,5-6,11-14,16,20-21,23-26,31-32,43,45-47,50,58-59,63-65H,4,7-8,15,17-19,22,27-30,33-37H2,1-2H3/t43-,45+,46-,50+,58+,59-,62-/m0/s1. The fourth-order valence-corrected chi connectivity index (χ4v) is 12.7. The summed E-state index contributed by atoms with van der Waals surface area (Å²) in [7, 11) is 0. The largest absolute Gasteiger partial charge is 0.481 e. The van der Waals surface area contributed by atoms with Gasteiger partial charge < -0.3 is 38.7 Å². The minimum absolute atomic E-state index is 0.0116. The van der Waals surface area contributed by atoms with Gasteiger partial charge >= 0.3 is 17.6 Å². The fraction of sp³-hybridized carbons (Fsp3) is 0.435. The number of ether oxygens (including phenoxy) is 4. The van der Waals surface area contributed by atoms with Crippen LogP contribution in [0.4, 0.5) is 0 Å². The summed E-state index contributed by atoms with van der Waals surface area (Å²) >= 11 is 0. The van der Waals surface area contributed by atoms with Crippen LogP contribution < -0.4 is 10.4 Å². The second kappa shape index (κ2) is 22.0. The van der Waals surface area contributed by atoms with E-state index >= 15 is 9.59 Å². The molecule has 4 aromatic carbocycles. The summed E-state index contributed by atoms with van der Waals surface area (Å²) in [5.41, 5.74) is 6.72. The molecule has 11 nitrogen and oxygen atoms in total. The van der Waals surface area contributed by atoms with Crippen LogP contribution in [-0.2, 0) is 49.7 Å². The van der Waals surface area contributed by atoms with Crippen LogP contribution in [0.2, 0.25) is 0 Å². The lowest BCUT2D eigenvalue weighted by Crippen LogP contribution is -2.60. The SMILES string of the molecule is CC(C)=C1CCc2ccc3c(c2)CC#CC[C@@]2(C4CCCCC4)Oc4ccc5c(CO)c([C@H](CCO)COCO)c(=O)oc5c4[C@@H](OC(=O)C[C@@H]4C[C@@H](c5cccc(Cc6ccccc6)c5)C=C[C@@H]34)[C@@H]2OC1=O. The molecule has 4 heterocycles. The van der Waals surface area contributed by atoms with Crippen molar-refractivity contribution in [1.82, 2.24) is 0 Å². The van der Waals surface area contributed by atoms with Crippen molar-refractivity contribution in [3.63, 3.8) is 0 Å². The predicted octanol–water partition coefficient (Wildman–Crippen LogP) is 10.3. The number of aliphatic hydroxyl groups excluding tert-OH is 3. The maximum Gasteiger partial charge on any atom is 0.340 e. The lowest BCUT2D eigenvalue weighted by molar-refractivity contribution is -0.204. The third-order valence-electron chi connectivity index (χ3n) is 16.3. The summed E-state index contributed by atoms with van der Waals surface area (Å²) in [4.78, 5) is 45.0. The lowest BCUT2D eigenvalue weighted by Gasteiger charge is -2.51. The minimum Gasteiger partial charge on any atom is -0.481 e. The molecule has 7 atom stereocenters. The third-order valence-corrected chi connectivity index (χ3v) is 16.3. The molecule has 0 saturated heterocycles. The van der Waals surface area contributed by atoms with Gasteiger partial charge in [-0.1, -0.05) is 122 Å². The molecule has 0 unspecified atom stereocenters. The second-order valence-electron chi connectivity index (χ2n) is 21.0. The van der Waals surface area contributed by atoms with Gasteiger partial charge in [-0.05, 0) is 116 Å². The van der Waals surface area contributed by atoms with E-state index in [-0.39, 0.29) is 78.4 Å². The summed E-state index contributed by atoms with van der Waals surface area (Å²) < 4.78 is 33.0. The number of allylic oxidation sites excluding steroid dienone is 3. The van der Waals surface area contributed by atoms with Crippen molar-refractivity contribution < 1.29 is 48.3 Å². The van der Waals surface area contributed by atoms with E-state index in [4.69, 9.17) is 23.4 Å². The Bertz CT molecular complexity index is 3040. The highest BCUT2D eigenvalue weighted by molar-refractivity contribution is 5.90. The van der Waals surface area contributed by atoms with Crippen molar-refractivity contribution in [1.29, 1.82) is 0 Å². The van der Waals surface area contributed by atoms with Gasteiger partial charge in [-0.25, -0.2) is 9.59 Å². The van der Waals surface area contributed by atoms with E-state index < -0.39 is 54.7 Å². The van der Waals surface area contributed by atoms with Gasteiger partial charge in [0.15, 0.2) is 17.8 Å². The van der Waals surface area contributed by atoms with Crippen LogP contribution in [0.1, 0.15) is 152 Å². The smallest absolute Gasteiger partial charge is 0.340 e. The molecule has 1 saturated carbocycles. The number of hydrogen-bond acceptors (Lipinski definition) is 11. The molecule has 1 fully saturated rings. The predicted molar refractivity (Wildman–Crippen MR) is 277 cm³/mol. The molecule has 5 aromatic rings. The molecule has 11 heteroatoms. The normalized spacial score (nSPS) is 24.5. The van der Waals surface area contributed by atoms with Gasteiger partial charge in [0.1, 0.15) is 18.1 Å². The maximum atomic E-state index is 15.4. The van der Waals surface area contributed by atoms with Gasteiger partial charge in [0, 0.05) is 59.6 Å². The summed E-state index contributed by atoms with van der Waals surface area (Å²) in [5.74, 6) is 5.14. The first-order valence-electron chi connectivity index (χ1n) is 26.3. The van der Waals surface area contributed by atoms with Gasteiger partial charge in [0.25, 0.3) is 0 Å². The van der Waals surface area contributed by atoms with E-state index in [1.165, 1.54) is 16.7 Å². The van der Waals surface area contributed by atoms with E-state index in [0.29, 0.717) is 42.4 Å². The zero-order valence-corrected chi connectivity index (χ0v) is 41.9. The molecular formula is C62H66O11. The topological polar surface area (TPSA) is 162 Å². The van der Waals surface area contributed by atoms with Crippen LogP contribution in [0, 0.1) is 23.7 Å². The molecule has 3 aliphatic heterocycles. The number of rotatable bonds is 11. The number of aliphatic hydroxyl groups is 3. The molecule has 5 aliphatic rings. The Labute approximate surface area is 427 Å². The van der Waals surface area contributed by atoms with Crippen LogP contribution in [0.15, 0.2) is 117 Å².